The summed E-state index contributed by atoms with van der Waals surface area (Å²) in [5, 5.41) is 0. The minimum absolute atomic E-state index is 0.203. The van der Waals surface area contributed by atoms with Crippen LogP contribution in [-0.2, 0) is 6.42 Å². The lowest BCUT2D eigenvalue weighted by molar-refractivity contribution is -0.274. The van der Waals surface area contributed by atoms with Crippen LogP contribution in [0.5, 0.6) is 5.75 Å². The Hall–Kier alpha value is -2.50. The zero-order valence-corrected chi connectivity index (χ0v) is 10.8. The Morgan fingerprint density at radius 3 is 2.48 bits per heavy atom. The van der Waals surface area contributed by atoms with Crippen molar-refractivity contribution in [3.8, 4) is 5.75 Å². The molecule has 3 nitrogen and oxygen atoms in total. The second-order valence-electron chi connectivity index (χ2n) is 4.53. The van der Waals surface area contributed by atoms with E-state index >= 15 is 0 Å². The first-order valence-corrected chi connectivity index (χ1v) is 6.28. The third-order valence-electron chi connectivity index (χ3n) is 2.99. The molecule has 0 aliphatic carbocycles. The molecule has 3 aromatic rings. The van der Waals surface area contributed by atoms with Crippen molar-refractivity contribution < 1.29 is 17.9 Å². The molecule has 0 aliphatic heterocycles. The van der Waals surface area contributed by atoms with E-state index in [-0.39, 0.29) is 12.2 Å². The number of nitrogens with zero attached hydrogens (tertiary/aromatic N) is 1. The maximum absolute atomic E-state index is 12.4. The monoisotopic (exact) mass is 292 g/mol. The first-order chi connectivity index (χ1) is 10.0. The van der Waals surface area contributed by atoms with Crippen LogP contribution >= 0.6 is 0 Å². The molecule has 0 saturated carbocycles. The summed E-state index contributed by atoms with van der Waals surface area (Å²) in [6.07, 6.45) is -4.47. The van der Waals surface area contributed by atoms with Crippen molar-refractivity contribution in [3.05, 3.63) is 59.9 Å². The highest BCUT2D eigenvalue weighted by Gasteiger charge is 2.32. The molecule has 0 radical (unpaired) electrons. The largest absolute Gasteiger partial charge is 0.573 e. The van der Waals surface area contributed by atoms with Crippen LogP contribution in [0.2, 0.25) is 0 Å². The lowest BCUT2D eigenvalue weighted by Crippen LogP contribution is -2.18. The number of benzene rings is 2. The van der Waals surface area contributed by atoms with Crippen molar-refractivity contribution in [2.45, 2.75) is 12.8 Å². The number of H-pyrrole nitrogens is 1. The Bertz CT molecular complexity index is 732. The van der Waals surface area contributed by atoms with Crippen molar-refractivity contribution in [2.75, 3.05) is 0 Å². The summed E-state index contributed by atoms with van der Waals surface area (Å²) >= 11 is 0. The summed E-state index contributed by atoms with van der Waals surface area (Å²) < 4.78 is 41.2. The van der Waals surface area contributed by atoms with Gasteiger partial charge in [-0.2, -0.15) is 0 Å². The molecule has 0 bridgehead atoms. The zero-order valence-electron chi connectivity index (χ0n) is 10.8. The lowest BCUT2D eigenvalue weighted by atomic mass is 10.1. The molecule has 3 rings (SSSR count). The lowest BCUT2D eigenvalue weighted by Gasteiger charge is -2.12. The summed E-state index contributed by atoms with van der Waals surface area (Å²) in [5.41, 5.74) is 2.05. The number of para-hydroxylation sites is 3. The van der Waals surface area contributed by atoms with Crippen LogP contribution in [0.4, 0.5) is 13.2 Å². The van der Waals surface area contributed by atoms with Crippen LogP contribution in [0.15, 0.2) is 48.5 Å². The van der Waals surface area contributed by atoms with Crippen molar-refractivity contribution in [1.82, 2.24) is 9.97 Å². The van der Waals surface area contributed by atoms with E-state index in [2.05, 4.69) is 14.7 Å². The fourth-order valence-electron chi connectivity index (χ4n) is 2.14. The molecule has 2 aromatic carbocycles. The average molecular weight is 292 g/mol. The maximum atomic E-state index is 12.4. The molecule has 1 N–H and O–H groups in total. The molecule has 0 spiro atoms. The van der Waals surface area contributed by atoms with Gasteiger partial charge in [0.15, 0.2) is 0 Å². The van der Waals surface area contributed by atoms with Crippen LogP contribution in [0.25, 0.3) is 11.0 Å². The molecule has 0 unspecified atom stereocenters. The number of alkyl halides is 3. The number of fused-ring (bicyclic) bond motifs is 1. The Morgan fingerprint density at radius 2 is 1.71 bits per heavy atom. The van der Waals surface area contributed by atoms with Crippen LogP contribution in [0, 0.1) is 0 Å². The van der Waals surface area contributed by atoms with Gasteiger partial charge >= 0.3 is 6.36 Å². The van der Waals surface area contributed by atoms with Crippen molar-refractivity contribution >= 4 is 11.0 Å². The molecular weight excluding hydrogens is 281 g/mol. The van der Waals surface area contributed by atoms with Crippen LogP contribution in [-0.4, -0.2) is 16.3 Å². The Morgan fingerprint density at radius 1 is 1.00 bits per heavy atom. The van der Waals surface area contributed by atoms with Gasteiger partial charge in [0.1, 0.15) is 11.6 Å². The number of halogens is 3. The number of aromatic nitrogens is 2. The van der Waals surface area contributed by atoms with Gasteiger partial charge in [0, 0.05) is 12.0 Å². The summed E-state index contributed by atoms with van der Waals surface area (Å²) in [7, 11) is 0. The highest BCUT2D eigenvalue weighted by Crippen LogP contribution is 2.27. The van der Waals surface area contributed by atoms with Gasteiger partial charge in [0.25, 0.3) is 0 Å². The average Bonchev–Trinajstić information content (AvgIpc) is 2.81. The van der Waals surface area contributed by atoms with E-state index < -0.39 is 6.36 Å². The normalized spacial score (nSPS) is 11.8. The SMILES string of the molecule is FC(F)(F)Oc1ccccc1Cc1nc2ccccc2[nH]1. The van der Waals surface area contributed by atoms with Crippen LogP contribution in [0.3, 0.4) is 0 Å². The van der Waals surface area contributed by atoms with E-state index in [1.165, 1.54) is 12.1 Å². The molecule has 21 heavy (non-hydrogen) atoms. The minimum atomic E-state index is -4.70. The predicted octanol–water partition coefficient (Wildman–Crippen LogP) is 4.05. The Labute approximate surface area is 118 Å². The second kappa shape index (κ2) is 5.12. The quantitative estimate of drug-likeness (QED) is 0.790. The van der Waals surface area contributed by atoms with Gasteiger partial charge in [0.05, 0.1) is 11.0 Å². The highest BCUT2D eigenvalue weighted by atomic mass is 19.4. The van der Waals surface area contributed by atoms with Gasteiger partial charge in [-0.3, -0.25) is 0 Å². The molecule has 0 atom stereocenters. The number of nitrogens with one attached hydrogen (secondary N) is 1. The Balaban J connectivity index is 1.90. The van der Waals surface area contributed by atoms with Gasteiger partial charge in [-0.05, 0) is 18.2 Å². The molecule has 0 amide bonds. The van der Waals surface area contributed by atoms with Gasteiger partial charge in [-0.1, -0.05) is 30.3 Å². The van der Waals surface area contributed by atoms with E-state index in [1.807, 2.05) is 24.3 Å². The molecule has 0 fully saturated rings. The molecule has 108 valence electrons. The van der Waals surface area contributed by atoms with Crippen molar-refractivity contribution in [1.29, 1.82) is 0 Å². The van der Waals surface area contributed by atoms with Crippen molar-refractivity contribution in [2.24, 2.45) is 0 Å². The van der Waals surface area contributed by atoms with Gasteiger partial charge in [0.2, 0.25) is 0 Å². The molecule has 0 saturated heterocycles. The fourth-order valence-corrected chi connectivity index (χ4v) is 2.14. The molecule has 0 aliphatic rings. The van der Waals surface area contributed by atoms with Gasteiger partial charge in [-0.25, -0.2) is 4.98 Å². The fraction of sp³-hybridized carbons (Fsp3) is 0.133. The standard InChI is InChI=1S/C15H11F3N2O/c16-15(17,18)21-13-8-4-1-5-10(13)9-14-19-11-6-2-3-7-12(11)20-14/h1-8H,9H2,(H,19,20). The summed E-state index contributed by atoms with van der Waals surface area (Å²) in [5.74, 6) is 0.389. The van der Waals surface area contributed by atoms with Gasteiger partial charge in [-0.15, -0.1) is 13.2 Å². The number of aromatic amines is 1. The number of rotatable bonds is 3. The molecule has 1 aromatic heterocycles. The number of hydrogen-bond acceptors (Lipinski definition) is 2. The Kier molecular flexibility index (Phi) is 3.29. The number of imidazole rings is 1. The van der Waals surface area contributed by atoms with E-state index in [9.17, 15) is 13.2 Å². The van der Waals surface area contributed by atoms with Crippen molar-refractivity contribution in [3.63, 3.8) is 0 Å². The topological polar surface area (TPSA) is 37.9 Å². The molecule has 6 heteroatoms. The maximum Gasteiger partial charge on any atom is 0.573 e. The van der Waals surface area contributed by atoms with E-state index in [4.69, 9.17) is 0 Å². The number of hydrogen-bond donors (Lipinski definition) is 1. The first-order valence-electron chi connectivity index (χ1n) is 6.28. The summed E-state index contributed by atoms with van der Waals surface area (Å²) in [6.45, 7) is 0. The second-order valence-corrected chi connectivity index (χ2v) is 4.53. The zero-order chi connectivity index (χ0) is 14.9. The van der Waals surface area contributed by atoms with Crippen LogP contribution in [0.1, 0.15) is 11.4 Å². The molecular formula is C15H11F3N2O. The summed E-state index contributed by atoms with van der Waals surface area (Å²) in [4.78, 5) is 7.44. The predicted molar refractivity (Wildman–Crippen MR) is 72.0 cm³/mol. The first kappa shape index (κ1) is 13.5. The highest BCUT2D eigenvalue weighted by molar-refractivity contribution is 5.74. The minimum Gasteiger partial charge on any atom is -0.405 e. The van der Waals surface area contributed by atoms with E-state index in [0.717, 1.165) is 11.0 Å². The van der Waals surface area contributed by atoms with Gasteiger partial charge < -0.3 is 9.72 Å². The van der Waals surface area contributed by atoms with E-state index in [0.29, 0.717) is 11.4 Å². The third-order valence-corrected chi connectivity index (χ3v) is 2.99. The van der Waals surface area contributed by atoms with Crippen LogP contribution < -0.4 is 4.74 Å². The molecule has 1 heterocycles. The smallest absolute Gasteiger partial charge is 0.405 e. The number of ether oxygens (including phenoxy) is 1. The third kappa shape index (κ3) is 3.16. The van der Waals surface area contributed by atoms with E-state index in [1.54, 1.807) is 12.1 Å². The summed E-state index contributed by atoms with van der Waals surface area (Å²) in [6, 6.07) is 13.5.